The molecule has 0 spiro atoms. The highest BCUT2D eigenvalue weighted by molar-refractivity contribution is 9.03. The lowest BCUT2D eigenvalue weighted by atomic mass is 10.1. The molecule has 0 fully saturated rings. The first-order valence-electron chi connectivity index (χ1n) is 8.74. The van der Waals surface area contributed by atoms with Crippen molar-refractivity contribution in [2.75, 3.05) is 13.2 Å². The number of benzene rings is 2. The highest BCUT2D eigenvalue weighted by Crippen LogP contribution is 2.53. The molecule has 2 heterocycles. The van der Waals surface area contributed by atoms with Crippen molar-refractivity contribution in [2.45, 2.75) is 46.3 Å². The second kappa shape index (κ2) is 9.26. The molecule has 28 heavy (non-hydrogen) atoms. The van der Waals surface area contributed by atoms with Crippen molar-refractivity contribution >= 4 is 60.9 Å². The average molecular weight is 491 g/mol. The molecule has 2 aliphatic heterocycles. The van der Waals surface area contributed by atoms with Gasteiger partial charge in [-0.3, -0.25) is 0 Å². The van der Waals surface area contributed by atoms with Crippen molar-refractivity contribution in [2.24, 2.45) is 0 Å². The molecule has 0 amide bonds. The minimum atomic E-state index is -0.997. The molecule has 0 aromatic heterocycles. The molecule has 4 nitrogen and oxygen atoms in total. The molecule has 0 aliphatic carbocycles. The van der Waals surface area contributed by atoms with E-state index in [-0.39, 0.29) is 0 Å². The summed E-state index contributed by atoms with van der Waals surface area (Å²) in [5.41, 5.74) is 2.41. The second-order valence-electron chi connectivity index (χ2n) is 5.91. The summed E-state index contributed by atoms with van der Waals surface area (Å²) < 4.78 is 35.8. The molecule has 0 N–H and O–H groups in total. The predicted octanol–water partition coefficient (Wildman–Crippen LogP) is 5.82. The van der Waals surface area contributed by atoms with Gasteiger partial charge in [-0.15, -0.1) is 0 Å². The van der Waals surface area contributed by atoms with Gasteiger partial charge in [0.15, 0.2) is 17.7 Å². The number of hydrogen-bond donors (Lipinski definition) is 0. The lowest BCUT2D eigenvalue weighted by Gasteiger charge is -2.14. The van der Waals surface area contributed by atoms with Crippen molar-refractivity contribution in [3.05, 3.63) is 35.4 Å². The summed E-state index contributed by atoms with van der Waals surface area (Å²) in [7, 11) is 3.51. The molecule has 0 radical (unpaired) electrons. The van der Waals surface area contributed by atoms with Gasteiger partial charge in [0, 0.05) is 9.79 Å². The molecule has 4 rings (SSSR count). The molecule has 10 heteroatoms. The Hall–Kier alpha value is -0.260. The minimum absolute atomic E-state index is 0.390. The van der Waals surface area contributed by atoms with Crippen LogP contribution in [0.5, 0.6) is 11.5 Å². The zero-order chi connectivity index (χ0) is 19.7. The Labute approximate surface area is 184 Å². The van der Waals surface area contributed by atoms with Crippen LogP contribution in [0.2, 0.25) is 0 Å². The third-order valence-electron chi connectivity index (χ3n) is 4.28. The Morgan fingerprint density at radius 3 is 1.46 bits per heavy atom. The smallest absolute Gasteiger partial charge is 0.151 e. The van der Waals surface area contributed by atoms with Gasteiger partial charge in [-0.25, -0.2) is 8.42 Å². The molecule has 2 aliphatic rings. The van der Waals surface area contributed by atoms with Crippen molar-refractivity contribution in [1.82, 2.24) is 0 Å². The van der Waals surface area contributed by atoms with Gasteiger partial charge < -0.3 is 9.47 Å². The van der Waals surface area contributed by atoms with Gasteiger partial charge in [-0.2, -0.15) is 0 Å². The van der Waals surface area contributed by atoms with Gasteiger partial charge in [0.2, 0.25) is 0 Å². The van der Waals surface area contributed by atoms with Crippen LogP contribution in [0.4, 0.5) is 0 Å². The van der Waals surface area contributed by atoms with E-state index in [9.17, 15) is 8.42 Å². The standard InChI is InChI=1S/C18H18O4S6/c1-3-11-5-7-13(17-15(11)23-27(19)25-17)21-9-10-22-14-8-6-12(4-2)16-18(14)26-28(20)24-16/h5-8H,3-4,9-10H2,1-2H3. The van der Waals surface area contributed by atoms with E-state index in [4.69, 9.17) is 9.47 Å². The van der Waals surface area contributed by atoms with E-state index in [0.717, 1.165) is 43.9 Å². The monoisotopic (exact) mass is 490 g/mol. The second-order valence-corrected chi connectivity index (χ2v) is 15.9. The number of aryl methyl sites for hydroxylation is 2. The number of fused-ring (bicyclic) bond motifs is 2. The Morgan fingerprint density at radius 2 is 1.07 bits per heavy atom. The Morgan fingerprint density at radius 1 is 0.679 bits per heavy atom. The van der Waals surface area contributed by atoms with Crippen molar-refractivity contribution in [1.29, 1.82) is 0 Å². The van der Waals surface area contributed by atoms with E-state index < -0.39 is 17.7 Å². The zero-order valence-corrected chi connectivity index (χ0v) is 20.1. The molecule has 0 saturated carbocycles. The quantitative estimate of drug-likeness (QED) is 0.355. The third kappa shape index (κ3) is 4.27. The van der Waals surface area contributed by atoms with Gasteiger partial charge in [0.25, 0.3) is 0 Å². The van der Waals surface area contributed by atoms with Crippen LogP contribution >= 0.6 is 43.2 Å². The number of rotatable bonds is 7. The molecule has 0 saturated heterocycles. The van der Waals surface area contributed by atoms with Crippen LogP contribution in [-0.2, 0) is 30.6 Å². The maximum absolute atomic E-state index is 12.0. The summed E-state index contributed by atoms with van der Waals surface area (Å²) in [5.74, 6) is 1.52. The van der Waals surface area contributed by atoms with E-state index in [0.29, 0.717) is 13.2 Å². The molecular formula is C18H18O4S6. The number of ether oxygens (including phenoxy) is 2. The maximum atomic E-state index is 12.0. The van der Waals surface area contributed by atoms with Gasteiger partial charge in [-0.1, -0.05) is 26.0 Å². The molecule has 0 bridgehead atoms. The van der Waals surface area contributed by atoms with Crippen LogP contribution in [0, 0.1) is 0 Å². The summed E-state index contributed by atoms with van der Waals surface area (Å²) in [5, 5.41) is 0. The lowest BCUT2D eigenvalue weighted by molar-refractivity contribution is 0.210. The van der Waals surface area contributed by atoms with Crippen LogP contribution in [-0.4, -0.2) is 21.6 Å². The van der Waals surface area contributed by atoms with E-state index in [1.165, 1.54) is 54.3 Å². The van der Waals surface area contributed by atoms with Crippen LogP contribution in [0.1, 0.15) is 25.0 Å². The predicted molar refractivity (Wildman–Crippen MR) is 122 cm³/mol. The normalized spacial score (nSPS) is 20.1. The highest BCUT2D eigenvalue weighted by atomic mass is 33.5. The lowest BCUT2D eigenvalue weighted by Crippen LogP contribution is -2.10. The first-order chi connectivity index (χ1) is 13.6. The molecule has 150 valence electrons. The molecule has 2 atom stereocenters. The topological polar surface area (TPSA) is 52.6 Å². The summed E-state index contributed by atoms with van der Waals surface area (Å²) in [6.07, 6.45) is 1.82. The average Bonchev–Trinajstić information content (AvgIpc) is 3.27. The van der Waals surface area contributed by atoms with Crippen molar-refractivity contribution in [3.63, 3.8) is 0 Å². The van der Waals surface area contributed by atoms with Crippen molar-refractivity contribution < 1.29 is 17.9 Å². The van der Waals surface area contributed by atoms with Crippen LogP contribution < -0.4 is 9.47 Å². The summed E-state index contributed by atoms with van der Waals surface area (Å²) in [6, 6.07) is 8.00. The summed E-state index contributed by atoms with van der Waals surface area (Å²) in [4.78, 5) is 4.10. The maximum Gasteiger partial charge on any atom is 0.151 e. The van der Waals surface area contributed by atoms with E-state index in [1.807, 2.05) is 24.3 Å². The third-order valence-corrected chi connectivity index (χ3v) is 13.6. The van der Waals surface area contributed by atoms with Gasteiger partial charge >= 0.3 is 0 Å². The first kappa shape index (κ1) is 21.0. The summed E-state index contributed by atoms with van der Waals surface area (Å²) in [6.45, 7) is 4.98. The fraction of sp³-hybridized carbons (Fsp3) is 0.333. The summed E-state index contributed by atoms with van der Waals surface area (Å²) >= 11 is 0. The molecular weight excluding hydrogens is 473 g/mol. The van der Waals surface area contributed by atoms with Gasteiger partial charge in [-0.05, 0) is 79.3 Å². The Bertz CT molecular complexity index is 884. The molecule has 2 aromatic rings. The van der Waals surface area contributed by atoms with E-state index >= 15 is 0 Å². The fourth-order valence-electron chi connectivity index (χ4n) is 2.90. The minimum Gasteiger partial charge on any atom is -0.489 e. The Balaban J connectivity index is 1.42. The van der Waals surface area contributed by atoms with Gasteiger partial charge in [0.1, 0.15) is 24.7 Å². The first-order valence-corrected chi connectivity index (χ1v) is 16.4. The van der Waals surface area contributed by atoms with E-state index in [2.05, 4.69) is 13.8 Å². The number of hydrogen-bond acceptors (Lipinski definition) is 8. The van der Waals surface area contributed by atoms with E-state index in [1.54, 1.807) is 0 Å². The zero-order valence-electron chi connectivity index (χ0n) is 15.2. The SMILES string of the molecule is CCc1ccc(OCCOc2ccc(CC)c3c2SS(=O)S3)c2c1SS(=O)S2. The van der Waals surface area contributed by atoms with Crippen LogP contribution in [0.15, 0.2) is 43.8 Å². The van der Waals surface area contributed by atoms with Gasteiger partial charge in [0.05, 0.1) is 9.79 Å². The largest absolute Gasteiger partial charge is 0.489 e. The Kier molecular flexibility index (Phi) is 6.94. The fourth-order valence-corrected chi connectivity index (χ4v) is 13.5. The van der Waals surface area contributed by atoms with Crippen LogP contribution in [0.3, 0.4) is 0 Å². The van der Waals surface area contributed by atoms with Crippen molar-refractivity contribution in [3.8, 4) is 11.5 Å². The van der Waals surface area contributed by atoms with Crippen LogP contribution in [0.25, 0.3) is 0 Å². The molecule has 2 aromatic carbocycles. The molecule has 2 unspecified atom stereocenters. The highest BCUT2D eigenvalue weighted by Gasteiger charge is 2.27.